The first-order valence-corrected chi connectivity index (χ1v) is 6.04. The fourth-order valence-electron chi connectivity index (χ4n) is 2.43. The van der Waals surface area contributed by atoms with E-state index in [1.165, 1.54) is 0 Å². The van der Waals surface area contributed by atoms with Gasteiger partial charge in [-0.25, -0.2) is 0 Å². The highest BCUT2D eigenvalue weighted by Gasteiger charge is 2.28. The number of benzene rings is 2. The number of aromatic nitrogens is 1. The van der Waals surface area contributed by atoms with Crippen molar-refractivity contribution in [3.63, 3.8) is 0 Å². The van der Waals surface area contributed by atoms with Crippen LogP contribution in [0.3, 0.4) is 0 Å². The van der Waals surface area contributed by atoms with Gasteiger partial charge in [0.25, 0.3) is 0 Å². The van der Waals surface area contributed by atoms with E-state index >= 15 is 0 Å². The van der Waals surface area contributed by atoms with E-state index in [0.29, 0.717) is 0 Å². The van der Waals surface area contributed by atoms with Crippen LogP contribution in [0.15, 0.2) is 60.8 Å². The van der Waals surface area contributed by atoms with Crippen LogP contribution in [0.25, 0.3) is 10.8 Å². The number of aromatic amines is 1. The van der Waals surface area contributed by atoms with Crippen LogP contribution < -0.4 is 0 Å². The Balaban J connectivity index is 2.26. The minimum Gasteiger partial charge on any atom is -0.379 e. The zero-order valence-electron chi connectivity index (χ0n) is 10.2. The molecule has 0 radical (unpaired) electrons. The van der Waals surface area contributed by atoms with Crippen LogP contribution >= 0.6 is 0 Å². The first kappa shape index (κ1) is 11.1. The number of hydrogen-bond donors (Lipinski definition) is 2. The second-order valence-electron chi connectivity index (χ2n) is 4.68. The molecule has 0 bridgehead atoms. The molecule has 1 aromatic heterocycles. The summed E-state index contributed by atoms with van der Waals surface area (Å²) >= 11 is 0. The van der Waals surface area contributed by atoms with Gasteiger partial charge in [-0.05, 0) is 35.4 Å². The van der Waals surface area contributed by atoms with Gasteiger partial charge >= 0.3 is 0 Å². The maximum Gasteiger partial charge on any atom is 0.127 e. The summed E-state index contributed by atoms with van der Waals surface area (Å²) < 4.78 is 0. The Labute approximate surface area is 106 Å². The molecule has 0 saturated heterocycles. The van der Waals surface area contributed by atoms with E-state index in [1.54, 1.807) is 0 Å². The highest BCUT2D eigenvalue weighted by molar-refractivity contribution is 5.86. The predicted octanol–water partition coefficient (Wildman–Crippen LogP) is 3.42. The van der Waals surface area contributed by atoms with Crippen molar-refractivity contribution in [3.8, 4) is 0 Å². The van der Waals surface area contributed by atoms with Crippen LogP contribution in [0.1, 0.15) is 18.2 Å². The van der Waals surface area contributed by atoms with Gasteiger partial charge in [-0.15, -0.1) is 0 Å². The van der Waals surface area contributed by atoms with E-state index in [-0.39, 0.29) is 0 Å². The molecule has 0 fully saturated rings. The number of rotatable bonds is 2. The molecule has 0 spiro atoms. The molecule has 2 aromatic carbocycles. The van der Waals surface area contributed by atoms with Crippen molar-refractivity contribution >= 4 is 10.8 Å². The van der Waals surface area contributed by atoms with Gasteiger partial charge in [0.1, 0.15) is 5.60 Å². The van der Waals surface area contributed by atoms with Crippen molar-refractivity contribution in [2.45, 2.75) is 12.5 Å². The largest absolute Gasteiger partial charge is 0.379 e. The average Bonchev–Trinajstić information content (AvgIpc) is 2.92. The SMILES string of the molecule is CC(O)(c1ccc[nH]1)c1cccc2ccccc12. The number of H-pyrrole nitrogens is 1. The maximum absolute atomic E-state index is 10.8. The molecule has 0 aliphatic carbocycles. The van der Waals surface area contributed by atoms with E-state index in [1.807, 2.05) is 55.6 Å². The Bertz CT molecular complexity index is 663. The van der Waals surface area contributed by atoms with Crippen molar-refractivity contribution in [2.24, 2.45) is 0 Å². The zero-order chi connectivity index (χ0) is 12.6. The molecular weight excluding hydrogens is 222 g/mol. The van der Waals surface area contributed by atoms with Gasteiger partial charge in [-0.2, -0.15) is 0 Å². The van der Waals surface area contributed by atoms with Crippen LogP contribution in [0.2, 0.25) is 0 Å². The van der Waals surface area contributed by atoms with Crippen LogP contribution in [-0.4, -0.2) is 10.1 Å². The van der Waals surface area contributed by atoms with Crippen LogP contribution in [0.4, 0.5) is 0 Å². The normalized spacial score (nSPS) is 14.6. The van der Waals surface area contributed by atoms with E-state index in [0.717, 1.165) is 22.0 Å². The highest BCUT2D eigenvalue weighted by atomic mass is 16.3. The fourth-order valence-corrected chi connectivity index (χ4v) is 2.43. The molecule has 0 amide bonds. The summed E-state index contributed by atoms with van der Waals surface area (Å²) in [5.74, 6) is 0. The monoisotopic (exact) mass is 237 g/mol. The van der Waals surface area contributed by atoms with Gasteiger partial charge in [-0.1, -0.05) is 42.5 Å². The van der Waals surface area contributed by atoms with Gasteiger partial charge < -0.3 is 10.1 Å². The lowest BCUT2D eigenvalue weighted by Gasteiger charge is -2.24. The van der Waals surface area contributed by atoms with E-state index in [2.05, 4.69) is 17.1 Å². The molecule has 0 aliphatic heterocycles. The Hall–Kier alpha value is -2.06. The zero-order valence-corrected chi connectivity index (χ0v) is 10.2. The third kappa shape index (κ3) is 1.62. The topological polar surface area (TPSA) is 36.0 Å². The average molecular weight is 237 g/mol. The van der Waals surface area contributed by atoms with E-state index in [4.69, 9.17) is 0 Å². The van der Waals surface area contributed by atoms with Crippen molar-refractivity contribution in [3.05, 3.63) is 72.1 Å². The molecule has 2 N–H and O–H groups in total. The molecule has 1 heterocycles. The molecule has 1 unspecified atom stereocenters. The van der Waals surface area contributed by atoms with Crippen molar-refractivity contribution in [1.29, 1.82) is 0 Å². The standard InChI is InChI=1S/C16H15NO/c1-16(18,15-10-5-11-17-15)14-9-4-7-12-6-2-3-8-13(12)14/h2-11,17-18H,1H3. The molecule has 2 heteroatoms. The number of aliphatic hydroxyl groups is 1. The number of hydrogen-bond acceptors (Lipinski definition) is 1. The lowest BCUT2D eigenvalue weighted by atomic mass is 9.88. The molecule has 1 atom stereocenters. The molecule has 3 rings (SSSR count). The summed E-state index contributed by atoms with van der Waals surface area (Å²) in [5, 5.41) is 13.0. The summed E-state index contributed by atoms with van der Waals surface area (Å²) in [6.45, 7) is 1.82. The van der Waals surface area contributed by atoms with E-state index < -0.39 is 5.60 Å². The summed E-state index contributed by atoms with van der Waals surface area (Å²) in [6, 6.07) is 17.9. The Kier molecular flexibility index (Phi) is 2.46. The van der Waals surface area contributed by atoms with E-state index in [9.17, 15) is 5.11 Å². The van der Waals surface area contributed by atoms with Gasteiger partial charge in [0, 0.05) is 6.20 Å². The maximum atomic E-state index is 10.8. The summed E-state index contributed by atoms with van der Waals surface area (Å²) in [7, 11) is 0. The summed E-state index contributed by atoms with van der Waals surface area (Å²) in [5.41, 5.74) is 0.714. The van der Waals surface area contributed by atoms with Crippen molar-refractivity contribution < 1.29 is 5.11 Å². The molecule has 0 aliphatic rings. The first-order valence-electron chi connectivity index (χ1n) is 6.04. The minimum absolute atomic E-state index is 0.804. The van der Waals surface area contributed by atoms with Crippen LogP contribution in [-0.2, 0) is 5.60 Å². The molecule has 90 valence electrons. The second kappa shape index (κ2) is 4.00. The lowest BCUT2D eigenvalue weighted by Crippen LogP contribution is -2.23. The van der Waals surface area contributed by atoms with Gasteiger partial charge in [0.15, 0.2) is 0 Å². The number of fused-ring (bicyclic) bond motifs is 1. The lowest BCUT2D eigenvalue weighted by molar-refractivity contribution is 0.0996. The van der Waals surface area contributed by atoms with Gasteiger partial charge in [0.2, 0.25) is 0 Å². The minimum atomic E-state index is -1.01. The Morgan fingerprint density at radius 1 is 0.944 bits per heavy atom. The summed E-state index contributed by atoms with van der Waals surface area (Å²) in [4.78, 5) is 3.09. The summed E-state index contributed by atoms with van der Waals surface area (Å²) in [6.07, 6.45) is 1.83. The number of nitrogens with one attached hydrogen (secondary N) is 1. The highest BCUT2D eigenvalue weighted by Crippen LogP contribution is 2.33. The molecular formula is C16H15NO. The third-order valence-corrected chi connectivity index (χ3v) is 3.44. The van der Waals surface area contributed by atoms with Crippen molar-refractivity contribution in [1.82, 2.24) is 4.98 Å². The first-order chi connectivity index (χ1) is 8.69. The molecule has 2 nitrogen and oxygen atoms in total. The third-order valence-electron chi connectivity index (χ3n) is 3.44. The van der Waals surface area contributed by atoms with Crippen molar-refractivity contribution in [2.75, 3.05) is 0 Å². The fraction of sp³-hybridized carbons (Fsp3) is 0.125. The Morgan fingerprint density at radius 2 is 1.72 bits per heavy atom. The van der Waals surface area contributed by atoms with Crippen LogP contribution in [0, 0.1) is 0 Å². The van der Waals surface area contributed by atoms with Crippen LogP contribution in [0.5, 0.6) is 0 Å². The molecule has 18 heavy (non-hydrogen) atoms. The quantitative estimate of drug-likeness (QED) is 0.704. The van der Waals surface area contributed by atoms with Gasteiger partial charge in [0.05, 0.1) is 5.69 Å². The molecule has 0 saturated carbocycles. The smallest absolute Gasteiger partial charge is 0.127 e. The second-order valence-corrected chi connectivity index (χ2v) is 4.68. The van der Waals surface area contributed by atoms with Gasteiger partial charge in [-0.3, -0.25) is 0 Å². The Morgan fingerprint density at radius 3 is 2.50 bits per heavy atom. The molecule has 3 aromatic rings. The predicted molar refractivity (Wildman–Crippen MR) is 73.4 cm³/mol.